The van der Waals surface area contributed by atoms with E-state index in [-0.39, 0.29) is 0 Å². The molecular formula is C9H18N6O. The molecular weight excluding hydrogens is 208 g/mol. The smallest absolute Gasteiger partial charge is 0.312 e. The number of carbonyl (C=O) groups is 1. The molecule has 0 aliphatic carbocycles. The highest BCUT2D eigenvalue weighted by Crippen LogP contribution is 2.21. The van der Waals surface area contributed by atoms with Gasteiger partial charge in [0.15, 0.2) is 0 Å². The molecule has 1 rings (SSSR count). The minimum atomic E-state index is -0.533. The van der Waals surface area contributed by atoms with Gasteiger partial charge in [0.05, 0.1) is 11.4 Å². The molecule has 0 saturated heterocycles. The molecule has 0 fully saturated rings. The summed E-state index contributed by atoms with van der Waals surface area (Å²) >= 11 is 0. The van der Waals surface area contributed by atoms with Crippen LogP contribution >= 0.6 is 0 Å². The summed E-state index contributed by atoms with van der Waals surface area (Å²) in [5.74, 6) is 0.767. The van der Waals surface area contributed by atoms with Crippen LogP contribution in [-0.4, -0.2) is 28.9 Å². The van der Waals surface area contributed by atoms with E-state index in [2.05, 4.69) is 15.7 Å². The van der Waals surface area contributed by atoms with Crippen molar-refractivity contribution in [2.45, 2.75) is 13.3 Å². The molecule has 0 bridgehead atoms. The van der Waals surface area contributed by atoms with Crippen molar-refractivity contribution < 1.29 is 4.79 Å². The number of aromatic nitrogens is 2. The predicted molar refractivity (Wildman–Crippen MR) is 63.1 cm³/mol. The van der Waals surface area contributed by atoms with Crippen molar-refractivity contribution in [2.75, 3.05) is 24.1 Å². The van der Waals surface area contributed by atoms with Crippen LogP contribution in [-0.2, 0) is 13.5 Å². The lowest BCUT2D eigenvalue weighted by Gasteiger charge is -2.07. The molecule has 16 heavy (non-hydrogen) atoms. The molecule has 0 radical (unpaired) electrons. The first-order valence-electron chi connectivity index (χ1n) is 5.14. The minimum absolute atomic E-state index is 0.446. The molecule has 7 nitrogen and oxygen atoms in total. The summed E-state index contributed by atoms with van der Waals surface area (Å²) in [7, 11) is 1.82. The number of rotatable bonds is 5. The zero-order valence-corrected chi connectivity index (χ0v) is 9.58. The summed E-state index contributed by atoms with van der Waals surface area (Å²) in [6.07, 6.45) is 0.793. The summed E-state index contributed by atoms with van der Waals surface area (Å²) in [6.45, 7) is 2.99. The van der Waals surface area contributed by atoms with Gasteiger partial charge >= 0.3 is 6.03 Å². The van der Waals surface area contributed by atoms with Crippen LogP contribution in [0.15, 0.2) is 0 Å². The molecule has 0 aliphatic rings. The van der Waals surface area contributed by atoms with Gasteiger partial charge in [-0.1, -0.05) is 6.92 Å². The molecule has 6 N–H and O–H groups in total. The molecule has 90 valence electrons. The van der Waals surface area contributed by atoms with Gasteiger partial charge < -0.3 is 22.1 Å². The summed E-state index contributed by atoms with van der Waals surface area (Å²) in [6, 6.07) is -0.533. The molecule has 0 aromatic carbocycles. The Morgan fingerprint density at radius 1 is 1.50 bits per heavy atom. The minimum Gasteiger partial charge on any atom is -0.394 e. The monoisotopic (exact) mass is 226 g/mol. The van der Waals surface area contributed by atoms with E-state index in [1.165, 1.54) is 0 Å². The van der Waals surface area contributed by atoms with Gasteiger partial charge in [-0.2, -0.15) is 5.10 Å². The lowest BCUT2D eigenvalue weighted by atomic mass is 10.3. The van der Waals surface area contributed by atoms with Crippen LogP contribution in [0.25, 0.3) is 0 Å². The van der Waals surface area contributed by atoms with Crippen molar-refractivity contribution >= 4 is 17.5 Å². The largest absolute Gasteiger partial charge is 0.394 e. The van der Waals surface area contributed by atoms with Crippen LogP contribution in [0.3, 0.4) is 0 Å². The van der Waals surface area contributed by atoms with E-state index in [0.717, 1.165) is 17.9 Å². The number of anilines is 2. The molecule has 0 atom stereocenters. The van der Waals surface area contributed by atoms with Crippen molar-refractivity contribution in [3.05, 3.63) is 5.69 Å². The van der Waals surface area contributed by atoms with E-state index >= 15 is 0 Å². The van der Waals surface area contributed by atoms with Crippen LogP contribution in [0.4, 0.5) is 16.3 Å². The first-order chi connectivity index (χ1) is 7.56. The van der Waals surface area contributed by atoms with Crippen molar-refractivity contribution in [3.63, 3.8) is 0 Å². The maximum Gasteiger partial charge on any atom is 0.312 e. The number of hydrogen-bond donors (Lipinski definition) is 4. The van der Waals surface area contributed by atoms with Gasteiger partial charge in [-0.05, 0) is 6.42 Å². The highest BCUT2D eigenvalue weighted by atomic mass is 16.2. The Hall–Kier alpha value is -1.92. The number of carbonyl (C=O) groups excluding carboxylic acids is 1. The molecule has 1 aromatic heterocycles. The summed E-state index contributed by atoms with van der Waals surface area (Å²) < 4.78 is 1.69. The number of nitrogens with zero attached hydrogens (tertiary/aromatic N) is 2. The highest BCUT2D eigenvalue weighted by molar-refractivity contribution is 5.71. The average Bonchev–Trinajstić information content (AvgIpc) is 2.50. The molecule has 2 amide bonds. The van der Waals surface area contributed by atoms with E-state index < -0.39 is 6.03 Å². The summed E-state index contributed by atoms with van der Waals surface area (Å²) in [5.41, 5.74) is 12.4. The fraction of sp³-hybridized carbons (Fsp3) is 0.556. The van der Waals surface area contributed by atoms with E-state index in [1.54, 1.807) is 4.68 Å². The van der Waals surface area contributed by atoms with Crippen molar-refractivity contribution in [1.82, 2.24) is 15.1 Å². The maximum atomic E-state index is 10.4. The number of nitrogen functional groups attached to an aromatic ring is 1. The first-order valence-corrected chi connectivity index (χ1v) is 5.14. The molecule has 0 saturated carbocycles. The number of aryl methyl sites for hydroxylation is 2. The Kier molecular flexibility index (Phi) is 3.98. The zero-order valence-electron chi connectivity index (χ0n) is 9.58. The first kappa shape index (κ1) is 12.2. The third-order valence-corrected chi connectivity index (χ3v) is 2.21. The third kappa shape index (κ3) is 2.78. The van der Waals surface area contributed by atoms with Crippen molar-refractivity contribution in [1.29, 1.82) is 0 Å². The van der Waals surface area contributed by atoms with Gasteiger partial charge in [-0.25, -0.2) is 4.79 Å². The fourth-order valence-corrected chi connectivity index (χ4v) is 1.43. The number of hydrogen-bond acceptors (Lipinski definition) is 4. The normalized spacial score (nSPS) is 10.1. The fourth-order valence-electron chi connectivity index (χ4n) is 1.43. The van der Waals surface area contributed by atoms with Crippen molar-refractivity contribution in [3.8, 4) is 0 Å². The molecule has 0 unspecified atom stereocenters. The quantitative estimate of drug-likeness (QED) is 0.514. The second-order valence-electron chi connectivity index (χ2n) is 3.40. The van der Waals surface area contributed by atoms with E-state index in [1.807, 2.05) is 14.0 Å². The standard InChI is InChI=1S/C9H18N6O/c1-3-6-7(10)8(15(2)14-6)12-4-5-13-9(11)16/h12H,3-5,10H2,1-2H3,(H3,11,13,16). The van der Waals surface area contributed by atoms with E-state index in [0.29, 0.717) is 18.8 Å². The van der Waals surface area contributed by atoms with Crippen LogP contribution in [0, 0.1) is 0 Å². The van der Waals surface area contributed by atoms with Gasteiger partial charge in [-0.15, -0.1) is 0 Å². The van der Waals surface area contributed by atoms with Crippen LogP contribution in [0.5, 0.6) is 0 Å². The highest BCUT2D eigenvalue weighted by Gasteiger charge is 2.10. The van der Waals surface area contributed by atoms with Crippen molar-refractivity contribution in [2.24, 2.45) is 12.8 Å². The Morgan fingerprint density at radius 3 is 2.69 bits per heavy atom. The van der Waals surface area contributed by atoms with Gasteiger partial charge in [-0.3, -0.25) is 4.68 Å². The number of urea groups is 1. The van der Waals surface area contributed by atoms with E-state index in [4.69, 9.17) is 11.5 Å². The van der Waals surface area contributed by atoms with Gasteiger partial charge in [0.2, 0.25) is 0 Å². The lowest BCUT2D eigenvalue weighted by Crippen LogP contribution is -2.33. The molecule has 1 heterocycles. The summed E-state index contributed by atoms with van der Waals surface area (Å²) in [4.78, 5) is 10.4. The predicted octanol–water partition coefficient (Wildman–Crippen LogP) is -0.355. The topological polar surface area (TPSA) is 111 Å². The Labute approximate surface area is 94.2 Å². The second-order valence-corrected chi connectivity index (χ2v) is 3.40. The van der Waals surface area contributed by atoms with Crippen LogP contribution in [0.1, 0.15) is 12.6 Å². The van der Waals surface area contributed by atoms with Crippen LogP contribution < -0.4 is 22.1 Å². The van der Waals surface area contributed by atoms with Gasteiger partial charge in [0, 0.05) is 20.1 Å². The number of amides is 2. The maximum absolute atomic E-state index is 10.4. The average molecular weight is 226 g/mol. The molecule has 0 aliphatic heterocycles. The zero-order chi connectivity index (χ0) is 12.1. The summed E-state index contributed by atoms with van der Waals surface area (Å²) in [5, 5.41) is 9.84. The number of primary amides is 1. The molecule has 7 heteroatoms. The van der Waals surface area contributed by atoms with Crippen LogP contribution in [0.2, 0.25) is 0 Å². The lowest BCUT2D eigenvalue weighted by molar-refractivity contribution is 0.249. The third-order valence-electron chi connectivity index (χ3n) is 2.21. The molecule has 1 aromatic rings. The second kappa shape index (κ2) is 5.24. The SMILES string of the molecule is CCc1nn(C)c(NCCNC(N)=O)c1N. The number of nitrogens with one attached hydrogen (secondary N) is 2. The Morgan fingerprint density at radius 2 is 2.19 bits per heavy atom. The Balaban J connectivity index is 2.53. The number of nitrogens with two attached hydrogens (primary N) is 2. The molecule has 0 spiro atoms. The van der Waals surface area contributed by atoms with E-state index in [9.17, 15) is 4.79 Å². The Bertz CT molecular complexity index is 372. The van der Waals surface area contributed by atoms with Gasteiger partial charge in [0.1, 0.15) is 5.82 Å². The van der Waals surface area contributed by atoms with Gasteiger partial charge in [0.25, 0.3) is 0 Å².